The van der Waals surface area contributed by atoms with Crippen LogP contribution in [-0.4, -0.2) is 25.0 Å². The summed E-state index contributed by atoms with van der Waals surface area (Å²) in [6.45, 7) is 2.89. The molecule has 0 saturated heterocycles. The molecule has 0 aliphatic rings. The van der Waals surface area contributed by atoms with Crippen molar-refractivity contribution in [3.05, 3.63) is 65.2 Å². The number of anilines is 1. The molecule has 0 bridgehead atoms. The molecule has 0 aliphatic carbocycles. The second kappa shape index (κ2) is 7.17. The molecule has 2 aromatic carbocycles. The van der Waals surface area contributed by atoms with Crippen molar-refractivity contribution in [3.63, 3.8) is 0 Å². The van der Waals surface area contributed by atoms with Gasteiger partial charge in [-0.1, -0.05) is 41.9 Å². The molecule has 0 spiro atoms. The molecule has 0 fully saturated rings. The highest BCUT2D eigenvalue weighted by Crippen LogP contribution is 2.13. The van der Waals surface area contributed by atoms with Gasteiger partial charge in [-0.25, -0.2) is 0 Å². The van der Waals surface area contributed by atoms with E-state index in [9.17, 15) is 0 Å². The van der Waals surface area contributed by atoms with Crippen LogP contribution in [-0.2, 0) is 6.54 Å². The molecule has 2 aromatic rings. The SMILES string of the molecule is CN(CCNc1ccc(Cl)cc1)Cc1ccccc1. The van der Waals surface area contributed by atoms with Crippen molar-refractivity contribution in [2.24, 2.45) is 0 Å². The zero-order chi connectivity index (χ0) is 13.5. The van der Waals surface area contributed by atoms with Crippen LogP contribution in [0.15, 0.2) is 54.6 Å². The van der Waals surface area contributed by atoms with Crippen molar-refractivity contribution in [3.8, 4) is 0 Å². The van der Waals surface area contributed by atoms with Gasteiger partial charge in [-0.05, 0) is 36.9 Å². The second-order valence-electron chi connectivity index (χ2n) is 4.66. The van der Waals surface area contributed by atoms with Gasteiger partial charge in [0.2, 0.25) is 0 Å². The van der Waals surface area contributed by atoms with Crippen molar-refractivity contribution in [1.29, 1.82) is 0 Å². The van der Waals surface area contributed by atoms with Gasteiger partial charge in [0.15, 0.2) is 0 Å². The van der Waals surface area contributed by atoms with Crippen LogP contribution in [0.2, 0.25) is 5.02 Å². The summed E-state index contributed by atoms with van der Waals surface area (Å²) in [5, 5.41) is 4.16. The minimum atomic E-state index is 0.770. The van der Waals surface area contributed by atoms with Crippen LogP contribution in [0.1, 0.15) is 5.56 Å². The Labute approximate surface area is 120 Å². The van der Waals surface area contributed by atoms with E-state index in [1.54, 1.807) is 0 Å². The maximum Gasteiger partial charge on any atom is 0.0407 e. The number of benzene rings is 2. The maximum atomic E-state index is 5.85. The summed E-state index contributed by atoms with van der Waals surface area (Å²) in [4.78, 5) is 2.30. The van der Waals surface area contributed by atoms with E-state index in [4.69, 9.17) is 11.6 Å². The van der Waals surface area contributed by atoms with Gasteiger partial charge < -0.3 is 10.2 Å². The Kier molecular flexibility index (Phi) is 5.25. The summed E-state index contributed by atoms with van der Waals surface area (Å²) in [6.07, 6.45) is 0. The predicted octanol–water partition coefficient (Wildman–Crippen LogP) is 3.88. The van der Waals surface area contributed by atoms with Crippen molar-refractivity contribution in [1.82, 2.24) is 4.90 Å². The lowest BCUT2D eigenvalue weighted by molar-refractivity contribution is 0.340. The first kappa shape index (κ1) is 13.9. The molecule has 2 rings (SSSR count). The van der Waals surface area contributed by atoms with Crippen molar-refractivity contribution >= 4 is 17.3 Å². The number of halogens is 1. The van der Waals surface area contributed by atoms with Crippen LogP contribution in [0.3, 0.4) is 0 Å². The van der Waals surface area contributed by atoms with Gasteiger partial charge in [0.05, 0.1) is 0 Å². The molecule has 3 heteroatoms. The van der Waals surface area contributed by atoms with Crippen LogP contribution in [0.25, 0.3) is 0 Å². The van der Waals surface area contributed by atoms with Crippen molar-refractivity contribution in [2.75, 3.05) is 25.5 Å². The molecular weight excluding hydrogens is 256 g/mol. The molecule has 100 valence electrons. The minimum absolute atomic E-state index is 0.770. The first-order valence-electron chi connectivity index (χ1n) is 6.46. The van der Waals surface area contributed by atoms with E-state index < -0.39 is 0 Å². The molecule has 0 unspecified atom stereocenters. The fourth-order valence-electron chi connectivity index (χ4n) is 1.93. The Morgan fingerprint density at radius 1 is 1.00 bits per heavy atom. The summed E-state index contributed by atoms with van der Waals surface area (Å²) < 4.78 is 0. The largest absolute Gasteiger partial charge is 0.384 e. The van der Waals surface area contributed by atoms with E-state index in [1.165, 1.54) is 5.56 Å². The van der Waals surface area contributed by atoms with E-state index in [2.05, 4.69) is 41.5 Å². The fourth-order valence-corrected chi connectivity index (χ4v) is 2.06. The lowest BCUT2D eigenvalue weighted by atomic mass is 10.2. The Hall–Kier alpha value is -1.51. The lowest BCUT2D eigenvalue weighted by Gasteiger charge is -2.17. The number of likely N-dealkylation sites (N-methyl/N-ethyl adjacent to an activating group) is 1. The number of rotatable bonds is 6. The zero-order valence-electron chi connectivity index (χ0n) is 11.1. The van der Waals surface area contributed by atoms with Crippen LogP contribution in [0.5, 0.6) is 0 Å². The summed E-state index contributed by atoms with van der Waals surface area (Å²) in [6, 6.07) is 18.3. The topological polar surface area (TPSA) is 15.3 Å². The number of hydrogen-bond acceptors (Lipinski definition) is 2. The normalized spacial score (nSPS) is 10.7. The van der Waals surface area contributed by atoms with E-state index in [0.29, 0.717) is 0 Å². The molecular formula is C16H19ClN2. The van der Waals surface area contributed by atoms with Gasteiger partial charge >= 0.3 is 0 Å². The summed E-state index contributed by atoms with van der Waals surface area (Å²) in [5.74, 6) is 0. The monoisotopic (exact) mass is 274 g/mol. The molecule has 0 amide bonds. The van der Waals surface area contributed by atoms with Crippen LogP contribution >= 0.6 is 11.6 Å². The number of nitrogens with one attached hydrogen (secondary N) is 1. The molecule has 0 heterocycles. The molecule has 0 atom stereocenters. The third kappa shape index (κ3) is 4.93. The molecule has 0 aliphatic heterocycles. The second-order valence-corrected chi connectivity index (χ2v) is 5.09. The van der Waals surface area contributed by atoms with Crippen molar-refractivity contribution < 1.29 is 0 Å². The van der Waals surface area contributed by atoms with Gasteiger partial charge in [0, 0.05) is 30.3 Å². The predicted molar refractivity (Wildman–Crippen MR) is 82.7 cm³/mol. The zero-order valence-corrected chi connectivity index (χ0v) is 11.9. The first-order valence-corrected chi connectivity index (χ1v) is 6.84. The Morgan fingerprint density at radius 3 is 2.37 bits per heavy atom. The summed E-state index contributed by atoms with van der Waals surface area (Å²) in [7, 11) is 2.14. The van der Waals surface area contributed by atoms with Gasteiger partial charge in [-0.15, -0.1) is 0 Å². The average Bonchev–Trinajstić information content (AvgIpc) is 2.42. The Balaban J connectivity index is 1.72. The molecule has 19 heavy (non-hydrogen) atoms. The van der Waals surface area contributed by atoms with E-state index in [-0.39, 0.29) is 0 Å². The Bertz CT molecular complexity index is 482. The van der Waals surface area contributed by atoms with Crippen LogP contribution in [0, 0.1) is 0 Å². The lowest BCUT2D eigenvalue weighted by Crippen LogP contribution is -2.24. The van der Waals surface area contributed by atoms with E-state index in [0.717, 1.165) is 30.3 Å². The molecule has 1 N–H and O–H groups in total. The quantitative estimate of drug-likeness (QED) is 0.860. The van der Waals surface area contributed by atoms with Gasteiger partial charge in [-0.3, -0.25) is 0 Å². The van der Waals surface area contributed by atoms with Gasteiger partial charge in [-0.2, -0.15) is 0 Å². The molecule has 2 nitrogen and oxygen atoms in total. The Morgan fingerprint density at radius 2 is 1.68 bits per heavy atom. The minimum Gasteiger partial charge on any atom is -0.384 e. The number of hydrogen-bond donors (Lipinski definition) is 1. The average molecular weight is 275 g/mol. The highest BCUT2D eigenvalue weighted by molar-refractivity contribution is 6.30. The third-order valence-corrected chi connectivity index (χ3v) is 3.21. The standard InChI is InChI=1S/C16H19ClN2/c1-19(13-14-5-3-2-4-6-14)12-11-18-16-9-7-15(17)8-10-16/h2-10,18H,11-13H2,1H3. The highest BCUT2D eigenvalue weighted by atomic mass is 35.5. The highest BCUT2D eigenvalue weighted by Gasteiger charge is 1.99. The fraction of sp³-hybridized carbons (Fsp3) is 0.250. The van der Waals surface area contributed by atoms with E-state index in [1.807, 2.05) is 30.3 Å². The van der Waals surface area contributed by atoms with Gasteiger partial charge in [0.25, 0.3) is 0 Å². The maximum absolute atomic E-state index is 5.85. The summed E-state index contributed by atoms with van der Waals surface area (Å²) in [5.41, 5.74) is 2.45. The molecule has 0 aromatic heterocycles. The van der Waals surface area contributed by atoms with Gasteiger partial charge in [0.1, 0.15) is 0 Å². The smallest absolute Gasteiger partial charge is 0.0407 e. The van der Waals surface area contributed by atoms with Crippen LogP contribution in [0.4, 0.5) is 5.69 Å². The first-order chi connectivity index (χ1) is 9.24. The number of nitrogens with zero attached hydrogens (tertiary/aromatic N) is 1. The van der Waals surface area contributed by atoms with E-state index >= 15 is 0 Å². The molecule has 0 saturated carbocycles. The summed E-state index contributed by atoms with van der Waals surface area (Å²) >= 11 is 5.85. The van der Waals surface area contributed by atoms with Crippen LogP contribution < -0.4 is 5.32 Å². The molecule has 0 radical (unpaired) electrons. The third-order valence-electron chi connectivity index (χ3n) is 2.96. The van der Waals surface area contributed by atoms with Crippen molar-refractivity contribution in [2.45, 2.75) is 6.54 Å².